The maximum atomic E-state index is 9.31. The smallest absolute Gasteiger partial charge is 0.122 e. The Morgan fingerprint density at radius 1 is 1.43 bits per heavy atom. The van der Waals surface area contributed by atoms with Crippen molar-refractivity contribution in [3.8, 4) is 6.07 Å². The summed E-state index contributed by atoms with van der Waals surface area (Å²) >= 11 is 12.2. The highest BCUT2D eigenvalue weighted by Crippen LogP contribution is 2.29. The van der Waals surface area contributed by atoms with Crippen LogP contribution in [0.4, 0.5) is 5.82 Å². The lowest BCUT2D eigenvalue weighted by molar-refractivity contribution is 0.270. The van der Waals surface area contributed by atoms with Gasteiger partial charge in [-0.15, -0.1) is 0 Å². The molecule has 5 nitrogen and oxygen atoms in total. The number of nitriles is 1. The fourth-order valence-corrected chi connectivity index (χ4v) is 2.30. The molecule has 0 aliphatic carbocycles. The van der Waals surface area contributed by atoms with E-state index in [0.717, 1.165) is 0 Å². The second-order valence-corrected chi connectivity index (χ2v) is 5.02. The summed E-state index contributed by atoms with van der Waals surface area (Å²) in [5, 5.41) is 23.3. The predicted octanol–water partition coefficient (Wildman–Crippen LogP) is 2.83. The minimum absolute atomic E-state index is 0.0900. The molecule has 0 saturated heterocycles. The number of benzene rings is 1. The van der Waals surface area contributed by atoms with Crippen LogP contribution >= 0.6 is 23.2 Å². The number of halogens is 2. The van der Waals surface area contributed by atoms with Gasteiger partial charge in [-0.1, -0.05) is 29.3 Å². The van der Waals surface area contributed by atoms with Crippen molar-refractivity contribution in [3.63, 3.8) is 0 Å². The third kappa shape index (κ3) is 3.37. The van der Waals surface area contributed by atoms with Crippen molar-refractivity contribution in [3.05, 3.63) is 45.6 Å². The molecule has 0 bridgehead atoms. The second-order valence-electron chi connectivity index (χ2n) is 4.21. The SMILES string of the molecule is N#CC(=Cc1c(Cl)cccc1Cl)c1cc(N)n(CCO)n1. The molecule has 0 spiro atoms. The molecule has 7 heteroatoms. The average Bonchev–Trinajstić information content (AvgIpc) is 2.80. The highest BCUT2D eigenvalue weighted by Gasteiger charge is 2.11. The first kappa shape index (κ1) is 15.4. The number of nitrogens with zero attached hydrogens (tertiary/aromatic N) is 3. The number of aliphatic hydroxyl groups is 1. The van der Waals surface area contributed by atoms with Crippen LogP contribution in [0.3, 0.4) is 0 Å². The summed E-state index contributed by atoms with van der Waals surface area (Å²) in [5.41, 5.74) is 7.01. The fourth-order valence-electron chi connectivity index (χ4n) is 1.79. The van der Waals surface area contributed by atoms with Gasteiger partial charge in [-0.3, -0.25) is 0 Å². The Morgan fingerprint density at radius 3 is 2.67 bits per heavy atom. The molecule has 0 aliphatic rings. The number of allylic oxidation sites excluding steroid dienone is 1. The molecule has 3 N–H and O–H groups in total. The van der Waals surface area contributed by atoms with Crippen LogP contribution in [-0.2, 0) is 6.54 Å². The van der Waals surface area contributed by atoms with Crippen LogP contribution in [0.5, 0.6) is 0 Å². The molecule has 1 aromatic carbocycles. The lowest BCUT2D eigenvalue weighted by Gasteiger charge is -2.02. The van der Waals surface area contributed by atoms with Gasteiger partial charge in [0.2, 0.25) is 0 Å². The number of nitrogen functional groups attached to an aromatic ring is 1. The molecule has 2 rings (SSSR count). The highest BCUT2D eigenvalue weighted by molar-refractivity contribution is 6.37. The Kier molecular flexibility index (Phi) is 4.86. The van der Waals surface area contributed by atoms with Gasteiger partial charge >= 0.3 is 0 Å². The second kappa shape index (κ2) is 6.64. The molecular weight excluding hydrogens is 311 g/mol. The molecule has 0 atom stereocenters. The summed E-state index contributed by atoms with van der Waals surface area (Å²) in [6.45, 7) is 0.171. The number of rotatable bonds is 4. The van der Waals surface area contributed by atoms with Gasteiger partial charge in [0.15, 0.2) is 0 Å². The molecule has 0 amide bonds. The molecule has 108 valence electrons. The number of hydrogen-bond donors (Lipinski definition) is 2. The van der Waals surface area contributed by atoms with E-state index in [1.54, 1.807) is 30.3 Å². The zero-order valence-electron chi connectivity index (χ0n) is 10.9. The minimum atomic E-state index is -0.0900. The van der Waals surface area contributed by atoms with Crippen molar-refractivity contribution in [2.24, 2.45) is 0 Å². The number of anilines is 1. The molecular formula is C14H12Cl2N4O. The topological polar surface area (TPSA) is 87.9 Å². The summed E-state index contributed by atoms with van der Waals surface area (Å²) in [6.07, 6.45) is 1.57. The maximum Gasteiger partial charge on any atom is 0.122 e. The van der Waals surface area contributed by atoms with Crippen LogP contribution in [0, 0.1) is 11.3 Å². The van der Waals surface area contributed by atoms with Crippen LogP contribution in [0.25, 0.3) is 11.6 Å². The van der Waals surface area contributed by atoms with Gasteiger partial charge in [-0.2, -0.15) is 10.4 Å². The maximum absolute atomic E-state index is 9.31. The first-order chi connectivity index (χ1) is 10.1. The first-order valence-corrected chi connectivity index (χ1v) is 6.82. The van der Waals surface area contributed by atoms with E-state index in [0.29, 0.717) is 27.1 Å². The Morgan fingerprint density at radius 2 is 2.10 bits per heavy atom. The Bertz CT molecular complexity index is 711. The molecule has 1 heterocycles. The number of aliphatic hydroxyl groups excluding tert-OH is 1. The summed E-state index contributed by atoms with van der Waals surface area (Å²) in [6, 6.07) is 8.72. The summed E-state index contributed by atoms with van der Waals surface area (Å²) < 4.78 is 1.43. The van der Waals surface area contributed by atoms with Crippen LogP contribution < -0.4 is 5.73 Å². The standard InChI is InChI=1S/C14H12Cl2N4O/c15-11-2-1-3-12(16)10(11)6-9(8-17)13-7-14(18)20(19-13)4-5-21/h1-3,6-7,21H,4-5,18H2. The molecule has 0 radical (unpaired) electrons. The molecule has 2 aromatic rings. The number of aromatic nitrogens is 2. The van der Waals surface area contributed by atoms with Gasteiger partial charge in [0.25, 0.3) is 0 Å². The van der Waals surface area contributed by atoms with Crippen molar-refractivity contribution < 1.29 is 5.11 Å². The van der Waals surface area contributed by atoms with Gasteiger partial charge in [-0.25, -0.2) is 4.68 Å². The monoisotopic (exact) mass is 322 g/mol. The van der Waals surface area contributed by atoms with E-state index in [-0.39, 0.29) is 18.7 Å². The lowest BCUT2D eigenvalue weighted by Crippen LogP contribution is -2.07. The van der Waals surface area contributed by atoms with E-state index in [1.807, 2.05) is 0 Å². The van der Waals surface area contributed by atoms with E-state index in [4.69, 9.17) is 34.0 Å². The Balaban J connectivity index is 2.47. The van der Waals surface area contributed by atoms with Crippen LogP contribution in [0.15, 0.2) is 24.3 Å². The highest BCUT2D eigenvalue weighted by atomic mass is 35.5. The first-order valence-electron chi connectivity index (χ1n) is 6.07. The molecule has 0 aliphatic heterocycles. The van der Waals surface area contributed by atoms with Crippen molar-refractivity contribution in [2.75, 3.05) is 12.3 Å². The van der Waals surface area contributed by atoms with Crippen LogP contribution in [0.2, 0.25) is 10.0 Å². The summed E-state index contributed by atoms with van der Waals surface area (Å²) in [5.74, 6) is 0.366. The zero-order valence-corrected chi connectivity index (χ0v) is 12.4. The van der Waals surface area contributed by atoms with Crippen molar-refractivity contribution in [2.45, 2.75) is 6.54 Å². The summed E-state index contributed by atoms with van der Waals surface area (Å²) in [4.78, 5) is 0. The lowest BCUT2D eigenvalue weighted by atomic mass is 10.1. The van der Waals surface area contributed by atoms with E-state index < -0.39 is 0 Å². The van der Waals surface area contributed by atoms with Crippen molar-refractivity contribution >= 4 is 40.7 Å². The summed E-state index contributed by atoms with van der Waals surface area (Å²) in [7, 11) is 0. The van der Waals surface area contributed by atoms with E-state index in [2.05, 4.69) is 11.2 Å². The molecule has 0 unspecified atom stereocenters. The Labute approximate surface area is 131 Å². The zero-order chi connectivity index (χ0) is 15.4. The predicted molar refractivity (Wildman–Crippen MR) is 83.7 cm³/mol. The van der Waals surface area contributed by atoms with Crippen LogP contribution in [-0.4, -0.2) is 21.5 Å². The largest absolute Gasteiger partial charge is 0.394 e. The molecule has 1 aromatic heterocycles. The number of nitrogens with two attached hydrogens (primary N) is 1. The third-order valence-electron chi connectivity index (χ3n) is 2.81. The van der Waals surface area contributed by atoms with Gasteiger partial charge in [0.05, 0.1) is 18.7 Å². The normalized spacial score (nSPS) is 11.4. The van der Waals surface area contributed by atoms with Gasteiger partial charge < -0.3 is 10.8 Å². The Hall–Kier alpha value is -2.00. The van der Waals surface area contributed by atoms with Gasteiger partial charge in [0, 0.05) is 21.7 Å². The molecule has 0 saturated carbocycles. The fraction of sp³-hybridized carbons (Fsp3) is 0.143. The molecule has 0 fully saturated rings. The molecule has 21 heavy (non-hydrogen) atoms. The van der Waals surface area contributed by atoms with E-state index in [1.165, 1.54) is 4.68 Å². The average molecular weight is 323 g/mol. The van der Waals surface area contributed by atoms with E-state index in [9.17, 15) is 5.26 Å². The van der Waals surface area contributed by atoms with E-state index >= 15 is 0 Å². The van der Waals surface area contributed by atoms with Crippen LogP contribution in [0.1, 0.15) is 11.3 Å². The number of hydrogen-bond acceptors (Lipinski definition) is 4. The quantitative estimate of drug-likeness (QED) is 0.847. The minimum Gasteiger partial charge on any atom is -0.394 e. The third-order valence-corrected chi connectivity index (χ3v) is 3.47. The van der Waals surface area contributed by atoms with Gasteiger partial charge in [-0.05, 0) is 18.2 Å². The van der Waals surface area contributed by atoms with Gasteiger partial charge in [0.1, 0.15) is 17.6 Å². The van der Waals surface area contributed by atoms with Crippen molar-refractivity contribution in [1.82, 2.24) is 9.78 Å². The van der Waals surface area contributed by atoms with Crippen molar-refractivity contribution in [1.29, 1.82) is 5.26 Å².